The van der Waals surface area contributed by atoms with E-state index in [9.17, 15) is 4.79 Å². The Labute approximate surface area is 149 Å². The van der Waals surface area contributed by atoms with Gasteiger partial charge >= 0.3 is 6.03 Å². The highest BCUT2D eigenvalue weighted by Crippen LogP contribution is 2.18. The molecule has 2 amide bonds. The molecule has 2 aromatic rings. The van der Waals surface area contributed by atoms with Crippen molar-refractivity contribution in [1.29, 1.82) is 0 Å². The molecule has 0 bridgehead atoms. The fraction of sp³-hybridized carbons (Fsp3) is 0.350. The van der Waals surface area contributed by atoms with Crippen molar-refractivity contribution in [2.45, 2.75) is 13.5 Å². The molecule has 0 aromatic heterocycles. The lowest BCUT2D eigenvalue weighted by molar-refractivity contribution is 0.194. The van der Waals surface area contributed by atoms with E-state index in [1.54, 1.807) is 7.11 Å². The molecule has 2 aromatic carbocycles. The summed E-state index contributed by atoms with van der Waals surface area (Å²) in [4.78, 5) is 16.6. The standard InChI is InChI=1S/C20H25N3O2/c1-16-4-3-5-18(14-16)22-10-12-23(13-11-22)20(24)21-15-17-6-8-19(25-2)9-7-17/h3-9,14H,10-13,15H2,1-2H3,(H,21,24). The maximum atomic E-state index is 12.4. The number of hydrogen-bond acceptors (Lipinski definition) is 3. The normalized spacial score (nSPS) is 14.3. The van der Waals surface area contributed by atoms with Gasteiger partial charge in [0.25, 0.3) is 0 Å². The zero-order valence-electron chi connectivity index (χ0n) is 14.9. The molecule has 0 unspecified atom stereocenters. The topological polar surface area (TPSA) is 44.8 Å². The van der Waals surface area contributed by atoms with Gasteiger partial charge < -0.3 is 19.9 Å². The van der Waals surface area contributed by atoms with E-state index in [-0.39, 0.29) is 6.03 Å². The number of ether oxygens (including phenoxy) is 1. The summed E-state index contributed by atoms with van der Waals surface area (Å²) in [6.07, 6.45) is 0. The second-order valence-electron chi connectivity index (χ2n) is 6.32. The summed E-state index contributed by atoms with van der Waals surface area (Å²) in [6.45, 7) is 5.83. The molecule has 1 N–H and O–H groups in total. The van der Waals surface area contributed by atoms with E-state index >= 15 is 0 Å². The molecule has 5 nitrogen and oxygen atoms in total. The van der Waals surface area contributed by atoms with Crippen LogP contribution in [0.25, 0.3) is 0 Å². The number of carbonyl (C=O) groups excluding carboxylic acids is 1. The average molecular weight is 339 g/mol. The van der Waals surface area contributed by atoms with Gasteiger partial charge in [-0.2, -0.15) is 0 Å². The van der Waals surface area contributed by atoms with E-state index in [0.717, 1.165) is 37.5 Å². The smallest absolute Gasteiger partial charge is 0.317 e. The molecule has 0 spiro atoms. The van der Waals surface area contributed by atoms with Gasteiger partial charge in [0.2, 0.25) is 0 Å². The van der Waals surface area contributed by atoms with Gasteiger partial charge in [-0.1, -0.05) is 24.3 Å². The lowest BCUT2D eigenvalue weighted by Gasteiger charge is -2.36. The number of nitrogens with one attached hydrogen (secondary N) is 1. The number of methoxy groups -OCH3 is 1. The maximum absolute atomic E-state index is 12.4. The monoisotopic (exact) mass is 339 g/mol. The highest BCUT2D eigenvalue weighted by molar-refractivity contribution is 5.74. The van der Waals surface area contributed by atoms with Gasteiger partial charge in [-0.05, 0) is 42.3 Å². The van der Waals surface area contributed by atoms with Gasteiger partial charge in [-0.15, -0.1) is 0 Å². The van der Waals surface area contributed by atoms with Crippen molar-refractivity contribution in [2.75, 3.05) is 38.2 Å². The van der Waals surface area contributed by atoms with Crippen molar-refractivity contribution >= 4 is 11.7 Å². The van der Waals surface area contributed by atoms with Gasteiger partial charge in [0.1, 0.15) is 5.75 Å². The molecule has 0 atom stereocenters. The van der Waals surface area contributed by atoms with Crippen LogP contribution in [-0.4, -0.2) is 44.2 Å². The average Bonchev–Trinajstić information content (AvgIpc) is 2.66. The first-order valence-electron chi connectivity index (χ1n) is 8.63. The number of amides is 2. The van der Waals surface area contributed by atoms with E-state index in [0.29, 0.717) is 6.54 Å². The van der Waals surface area contributed by atoms with Crippen LogP contribution in [0.15, 0.2) is 48.5 Å². The molecule has 1 saturated heterocycles. The number of anilines is 1. The Morgan fingerprint density at radius 2 is 1.80 bits per heavy atom. The minimum Gasteiger partial charge on any atom is -0.497 e. The lowest BCUT2D eigenvalue weighted by Crippen LogP contribution is -2.51. The van der Waals surface area contributed by atoms with E-state index in [1.165, 1.54) is 11.3 Å². The fourth-order valence-corrected chi connectivity index (χ4v) is 3.03. The third kappa shape index (κ3) is 4.44. The van der Waals surface area contributed by atoms with Gasteiger partial charge in [-0.25, -0.2) is 4.79 Å². The molecule has 1 heterocycles. The minimum absolute atomic E-state index is 0.000268. The molecule has 0 aliphatic carbocycles. The first-order chi connectivity index (χ1) is 12.2. The first kappa shape index (κ1) is 17.1. The summed E-state index contributed by atoms with van der Waals surface area (Å²) >= 11 is 0. The summed E-state index contributed by atoms with van der Waals surface area (Å²) in [5, 5.41) is 3.00. The molecule has 1 aliphatic rings. The van der Waals surface area contributed by atoms with Crippen LogP contribution in [-0.2, 0) is 6.54 Å². The van der Waals surface area contributed by atoms with Crippen LogP contribution < -0.4 is 15.0 Å². The molecule has 1 fully saturated rings. The number of aryl methyl sites for hydroxylation is 1. The predicted octanol–water partition coefficient (Wildman–Crippen LogP) is 3.04. The SMILES string of the molecule is COc1ccc(CNC(=O)N2CCN(c3cccc(C)c3)CC2)cc1. The molecule has 0 radical (unpaired) electrons. The highest BCUT2D eigenvalue weighted by atomic mass is 16.5. The molecule has 1 aliphatic heterocycles. The first-order valence-corrected chi connectivity index (χ1v) is 8.63. The highest BCUT2D eigenvalue weighted by Gasteiger charge is 2.21. The quantitative estimate of drug-likeness (QED) is 0.931. The van der Waals surface area contributed by atoms with Gasteiger partial charge in [0, 0.05) is 38.4 Å². The Bertz CT molecular complexity index is 707. The molecule has 132 valence electrons. The summed E-state index contributed by atoms with van der Waals surface area (Å²) in [7, 11) is 1.65. The largest absolute Gasteiger partial charge is 0.497 e. The fourth-order valence-electron chi connectivity index (χ4n) is 3.03. The molecule has 0 saturated carbocycles. The lowest BCUT2D eigenvalue weighted by atomic mass is 10.2. The summed E-state index contributed by atoms with van der Waals surface area (Å²) in [6, 6.07) is 16.3. The summed E-state index contributed by atoms with van der Waals surface area (Å²) < 4.78 is 5.14. The predicted molar refractivity (Wildman–Crippen MR) is 100 cm³/mol. The number of urea groups is 1. The number of nitrogens with zero attached hydrogens (tertiary/aromatic N) is 2. The third-order valence-electron chi connectivity index (χ3n) is 4.54. The van der Waals surface area contributed by atoms with E-state index in [1.807, 2.05) is 29.2 Å². The van der Waals surface area contributed by atoms with E-state index in [2.05, 4.69) is 41.4 Å². The Morgan fingerprint density at radius 1 is 1.08 bits per heavy atom. The number of benzene rings is 2. The summed E-state index contributed by atoms with van der Waals surface area (Å²) in [5.74, 6) is 0.822. The van der Waals surface area contributed by atoms with Gasteiger partial charge in [0.15, 0.2) is 0 Å². The zero-order chi connectivity index (χ0) is 17.6. The Kier molecular flexibility index (Phi) is 5.43. The Balaban J connectivity index is 1.48. The third-order valence-corrected chi connectivity index (χ3v) is 4.54. The van der Waals surface area contributed by atoms with Gasteiger partial charge in [-0.3, -0.25) is 0 Å². The molecule has 3 rings (SSSR count). The second kappa shape index (κ2) is 7.92. The van der Waals surface area contributed by atoms with Crippen molar-refractivity contribution < 1.29 is 9.53 Å². The van der Waals surface area contributed by atoms with Crippen LogP contribution in [0, 0.1) is 6.92 Å². The Hall–Kier alpha value is -2.69. The van der Waals surface area contributed by atoms with Crippen LogP contribution in [0.2, 0.25) is 0 Å². The van der Waals surface area contributed by atoms with Crippen LogP contribution >= 0.6 is 0 Å². The zero-order valence-corrected chi connectivity index (χ0v) is 14.9. The van der Waals surface area contributed by atoms with Crippen LogP contribution in [0.4, 0.5) is 10.5 Å². The molecular weight excluding hydrogens is 314 g/mol. The summed E-state index contributed by atoms with van der Waals surface area (Å²) in [5.41, 5.74) is 3.56. The molecular formula is C20H25N3O2. The number of piperazine rings is 1. The molecule has 5 heteroatoms. The van der Waals surface area contributed by atoms with Crippen molar-refractivity contribution in [3.05, 3.63) is 59.7 Å². The number of rotatable bonds is 4. The number of hydrogen-bond donors (Lipinski definition) is 1. The van der Waals surface area contributed by atoms with Crippen molar-refractivity contribution in [3.63, 3.8) is 0 Å². The number of carbonyl (C=O) groups is 1. The molecule has 25 heavy (non-hydrogen) atoms. The minimum atomic E-state index is -0.000268. The van der Waals surface area contributed by atoms with Crippen molar-refractivity contribution in [3.8, 4) is 5.75 Å². The Morgan fingerprint density at radius 3 is 2.44 bits per heavy atom. The van der Waals surface area contributed by atoms with Crippen LogP contribution in [0.1, 0.15) is 11.1 Å². The maximum Gasteiger partial charge on any atom is 0.317 e. The van der Waals surface area contributed by atoms with Gasteiger partial charge in [0.05, 0.1) is 7.11 Å². The second-order valence-corrected chi connectivity index (χ2v) is 6.32. The van der Waals surface area contributed by atoms with E-state index < -0.39 is 0 Å². The van der Waals surface area contributed by atoms with Crippen molar-refractivity contribution in [2.24, 2.45) is 0 Å². The van der Waals surface area contributed by atoms with Crippen LogP contribution in [0.5, 0.6) is 5.75 Å². The van der Waals surface area contributed by atoms with E-state index in [4.69, 9.17) is 4.74 Å². The van der Waals surface area contributed by atoms with Crippen molar-refractivity contribution in [1.82, 2.24) is 10.2 Å². The van der Waals surface area contributed by atoms with Crippen LogP contribution in [0.3, 0.4) is 0 Å².